The maximum absolute atomic E-state index is 13.0. The molecule has 0 bridgehead atoms. The van der Waals surface area contributed by atoms with Crippen LogP contribution in [0.15, 0.2) is 71.5 Å². The Morgan fingerprint density at radius 2 is 1.69 bits per heavy atom. The van der Waals surface area contributed by atoms with Gasteiger partial charge < -0.3 is 15.6 Å². The van der Waals surface area contributed by atoms with Gasteiger partial charge in [-0.3, -0.25) is 19.0 Å². The molecule has 4 aromatic rings. The van der Waals surface area contributed by atoms with Crippen LogP contribution in [0.3, 0.4) is 0 Å². The van der Waals surface area contributed by atoms with Crippen LogP contribution in [0, 0.1) is 4.77 Å². The molecule has 3 aromatic carbocycles. The number of carbonyl (C=O) groups excluding carboxylic acids is 2. The normalized spacial score (nSPS) is 11.3. The van der Waals surface area contributed by atoms with Gasteiger partial charge in [0.05, 0.1) is 27.7 Å². The van der Waals surface area contributed by atoms with E-state index in [0.717, 1.165) is 12.1 Å². The first kappa shape index (κ1) is 23.9. The molecule has 0 aliphatic rings. The van der Waals surface area contributed by atoms with Crippen molar-refractivity contribution in [1.82, 2.24) is 9.55 Å². The number of hydrogen-bond donors (Lipinski definition) is 3. The van der Waals surface area contributed by atoms with E-state index in [1.54, 1.807) is 12.1 Å². The summed E-state index contributed by atoms with van der Waals surface area (Å²) in [5.74, 6) is -1.27. The molecule has 0 saturated heterocycles. The summed E-state index contributed by atoms with van der Waals surface area (Å²) in [6.07, 6.45) is -4.56. The number of fused-ring (bicyclic) bond motifs is 1. The summed E-state index contributed by atoms with van der Waals surface area (Å²) < 4.78 is 40.4. The molecule has 1 aromatic heterocycles. The van der Waals surface area contributed by atoms with E-state index in [1.807, 2.05) is 0 Å². The number of hydrogen-bond acceptors (Lipinski definition) is 4. The highest BCUT2D eigenvalue weighted by molar-refractivity contribution is 7.71. The lowest BCUT2D eigenvalue weighted by Gasteiger charge is -2.13. The van der Waals surface area contributed by atoms with Crippen LogP contribution in [-0.2, 0) is 13.2 Å². The number of alkyl halides is 3. The van der Waals surface area contributed by atoms with Crippen LogP contribution < -0.4 is 16.2 Å². The van der Waals surface area contributed by atoms with Crippen LogP contribution in [0.2, 0.25) is 0 Å². The highest BCUT2D eigenvalue weighted by Gasteiger charge is 2.30. The third-order valence-corrected chi connectivity index (χ3v) is 5.61. The number of rotatable bonds is 4. The molecule has 178 valence electrons. The number of nitrogens with one attached hydrogen (secondary N) is 3. The molecule has 0 fully saturated rings. The minimum absolute atomic E-state index is 0.0441. The summed E-state index contributed by atoms with van der Waals surface area (Å²) in [4.78, 5) is 40.9. The van der Waals surface area contributed by atoms with E-state index in [9.17, 15) is 27.6 Å². The molecule has 1 heterocycles. The van der Waals surface area contributed by atoms with Crippen molar-refractivity contribution in [2.24, 2.45) is 7.05 Å². The number of H-pyrrole nitrogens is 1. The largest absolute Gasteiger partial charge is 0.416 e. The van der Waals surface area contributed by atoms with Crippen molar-refractivity contribution in [2.75, 3.05) is 10.6 Å². The third kappa shape index (κ3) is 4.99. The van der Waals surface area contributed by atoms with Crippen molar-refractivity contribution in [3.05, 3.63) is 98.5 Å². The maximum atomic E-state index is 13.0. The molecule has 3 N–H and O–H groups in total. The zero-order valence-electron chi connectivity index (χ0n) is 18.1. The van der Waals surface area contributed by atoms with E-state index >= 15 is 0 Å². The smallest absolute Gasteiger partial charge is 0.332 e. The van der Waals surface area contributed by atoms with E-state index < -0.39 is 23.6 Å². The highest BCUT2D eigenvalue weighted by atomic mass is 32.1. The molecule has 0 unspecified atom stereocenters. The number of aromatic amines is 1. The number of nitrogens with zero attached hydrogens (tertiary/aromatic N) is 1. The lowest BCUT2D eigenvalue weighted by molar-refractivity contribution is -0.137. The van der Waals surface area contributed by atoms with Crippen molar-refractivity contribution in [1.29, 1.82) is 0 Å². The first-order valence-corrected chi connectivity index (χ1v) is 10.6. The van der Waals surface area contributed by atoms with Gasteiger partial charge in [-0.2, -0.15) is 13.2 Å². The van der Waals surface area contributed by atoms with E-state index in [2.05, 4.69) is 15.6 Å². The fourth-order valence-corrected chi connectivity index (χ4v) is 3.60. The minimum atomic E-state index is -4.56. The second-order valence-electron chi connectivity index (χ2n) is 7.59. The van der Waals surface area contributed by atoms with Crippen LogP contribution in [0.1, 0.15) is 26.3 Å². The Morgan fingerprint density at radius 3 is 2.43 bits per heavy atom. The van der Waals surface area contributed by atoms with E-state index in [4.69, 9.17) is 12.2 Å². The van der Waals surface area contributed by atoms with E-state index in [1.165, 1.54) is 54.1 Å². The SMILES string of the molecule is Cn1c(=S)[nH]c2cc(C(=O)Nc3ccccc3C(=O)Nc3cccc(C(F)(F)F)c3)ccc2c1=O. The maximum Gasteiger partial charge on any atom is 0.416 e. The fourth-order valence-electron chi connectivity index (χ4n) is 3.40. The van der Waals surface area contributed by atoms with E-state index in [0.29, 0.717) is 10.9 Å². The Kier molecular flexibility index (Phi) is 6.27. The van der Waals surface area contributed by atoms with Gasteiger partial charge in [0.25, 0.3) is 17.4 Å². The lowest BCUT2D eigenvalue weighted by atomic mass is 10.1. The van der Waals surface area contributed by atoms with Crippen LogP contribution in [0.5, 0.6) is 0 Å². The number of aromatic nitrogens is 2. The van der Waals surface area contributed by atoms with Crippen LogP contribution in [-0.4, -0.2) is 21.4 Å². The van der Waals surface area contributed by atoms with Crippen molar-refractivity contribution >= 4 is 46.3 Å². The van der Waals surface area contributed by atoms with Gasteiger partial charge in [-0.15, -0.1) is 0 Å². The highest BCUT2D eigenvalue weighted by Crippen LogP contribution is 2.31. The van der Waals surface area contributed by atoms with Crippen molar-refractivity contribution in [2.45, 2.75) is 6.18 Å². The second kappa shape index (κ2) is 9.18. The molecule has 7 nitrogen and oxygen atoms in total. The van der Waals surface area contributed by atoms with Gasteiger partial charge >= 0.3 is 6.18 Å². The van der Waals surface area contributed by atoms with Gasteiger partial charge in [0.15, 0.2) is 4.77 Å². The lowest BCUT2D eigenvalue weighted by Crippen LogP contribution is -2.20. The topological polar surface area (TPSA) is 96.0 Å². The molecule has 0 atom stereocenters. The fraction of sp³-hybridized carbons (Fsp3) is 0.0833. The van der Waals surface area contributed by atoms with Gasteiger partial charge in [-0.25, -0.2) is 0 Å². The van der Waals surface area contributed by atoms with Crippen LogP contribution in [0.4, 0.5) is 24.5 Å². The van der Waals surface area contributed by atoms with Crippen molar-refractivity contribution < 1.29 is 22.8 Å². The molecule has 0 aliphatic heterocycles. The van der Waals surface area contributed by atoms with E-state index in [-0.39, 0.29) is 32.8 Å². The Hall–Kier alpha value is -4.25. The molecular formula is C24H17F3N4O3S. The number of anilines is 2. The first-order valence-electron chi connectivity index (χ1n) is 10.2. The predicted molar refractivity (Wildman–Crippen MR) is 128 cm³/mol. The van der Waals surface area contributed by atoms with Crippen molar-refractivity contribution in [3.63, 3.8) is 0 Å². The van der Waals surface area contributed by atoms with Crippen molar-refractivity contribution in [3.8, 4) is 0 Å². The van der Waals surface area contributed by atoms with Crippen LogP contribution >= 0.6 is 12.2 Å². The summed E-state index contributed by atoms with van der Waals surface area (Å²) in [6, 6.07) is 14.7. The Bertz CT molecular complexity index is 1590. The summed E-state index contributed by atoms with van der Waals surface area (Å²) in [5, 5.41) is 5.40. The number of halogens is 3. The third-order valence-electron chi connectivity index (χ3n) is 5.23. The molecule has 0 saturated carbocycles. The Balaban J connectivity index is 1.59. The average Bonchev–Trinajstić information content (AvgIpc) is 2.82. The molecule has 4 rings (SSSR count). The molecule has 0 radical (unpaired) electrons. The van der Waals surface area contributed by atoms with Gasteiger partial charge in [-0.05, 0) is 60.7 Å². The van der Waals surface area contributed by atoms with Gasteiger partial charge in [-0.1, -0.05) is 18.2 Å². The second-order valence-corrected chi connectivity index (χ2v) is 7.97. The summed E-state index contributed by atoms with van der Waals surface area (Å²) in [5.41, 5.74) is -0.483. The zero-order chi connectivity index (χ0) is 25.3. The zero-order valence-corrected chi connectivity index (χ0v) is 18.9. The molecule has 2 amide bonds. The minimum Gasteiger partial charge on any atom is -0.332 e. The number of carbonyl (C=O) groups is 2. The molecule has 0 aliphatic carbocycles. The number of para-hydroxylation sites is 1. The first-order chi connectivity index (χ1) is 16.5. The van der Waals surface area contributed by atoms with Crippen LogP contribution in [0.25, 0.3) is 10.9 Å². The average molecular weight is 498 g/mol. The molecule has 11 heteroatoms. The summed E-state index contributed by atoms with van der Waals surface area (Å²) >= 11 is 5.11. The predicted octanol–water partition coefficient (Wildman–Crippen LogP) is 5.12. The quantitative estimate of drug-likeness (QED) is 0.341. The molecule has 35 heavy (non-hydrogen) atoms. The van der Waals surface area contributed by atoms with Gasteiger partial charge in [0.1, 0.15) is 0 Å². The number of benzene rings is 3. The van der Waals surface area contributed by atoms with Gasteiger partial charge in [0.2, 0.25) is 0 Å². The Labute approximate surface area is 201 Å². The summed E-state index contributed by atoms with van der Waals surface area (Å²) in [6.45, 7) is 0. The number of amides is 2. The van der Waals surface area contributed by atoms with Gasteiger partial charge in [0, 0.05) is 18.3 Å². The monoisotopic (exact) mass is 498 g/mol. The molecule has 0 spiro atoms. The Morgan fingerprint density at radius 1 is 0.943 bits per heavy atom. The standard InChI is InChI=1S/C24H17F3N4O3S/c1-31-22(34)17-10-9-13(11-19(17)30-23(31)35)20(32)29-18-8-3-2-7-16(18)21(33)28-15-6-4-5-14(12-15)24(25,26)27/h2-12H,1H3,(H,28,33)(H,29,32)(H,30,35). The summed E-state index contributed by atoms with van der Waals surface area (Å²) in [7, 11) is 1.53. The molecular weight excluding hydrogens is 481 g/mol.